The number of aromatic nitrogens is 6. The van der Waals surface area contributed by atoms with Gasteiger partial charge in [0.25, 0.3) is 0 Å². The number of hydrogen-bond donors (Lipinski definition) is 0. The lowest BCUT2D eigenvalue weighted by Crippen LogP contribution is -2.41. The van der Waals surface area contributed by atoms with E-state index in [0.717, 1.165) is 137 Å². The van der Waals surface area contributed by atoms with Gasteiger partial charge in [-0.15, -0.1) is 0 Å². The molecule has 0 aliphatic carbocycles. The molecule has 0 spiro atoms. The zero-order valence-corrected chi connectivity index (χ0v) is 54.3. The van der Waals surface area contributed by atoms with E-state index in [1.54, 1.807) is 0 Å². The van der Waals surface area contributed by atoms with Gasteiger partial charge in [0, 0.05) is 69.7 Å². The van der Waals surface area contributed by atoms with Crippen LogP contribution < -0.4 is 5.46 Å². The first-order valence-electron chi connectivity index (χ1n) is 31.9. The number of halogens is 1. The van der Waals surface area contributed by atoms with E-state index >= 15 is 0 Å². The van der Waals surface area contributed by atoms with Crippen molar-refractivity contribution >= 4 is 160 Å². The number of hydrogen-bond acceptors (Lipinski definition) is 6. The minimum absolute atomic E-state index is 0.399. The highest BCUT2D eigenvalue weighted by Crippen LogP contribution is 2.41. The van der Waals surface area contributed by atoms with Crippen LogP contribution in [-0.4, -0.2) is 47.1 Å². The molecule has 454 valence electrons. The molecule has 0 amide bonds. The van der Waals surface area contributed by atoms with Gasteiger partial charge in [-0.25, -0.2) is 29.6 Å². The average molecular weight is 1300 g/mol. The lowest BCUT2D eigenvalue weighted by Gasteiger charge is -2.32. The number of para-hydroxylation sites is 4. The Morgan fingerprint density at radius 2 is 0.771 bits per heavy atom. The van der Waals surface area contributed by atoms with Crippen LogP contribution in [0.1, 0.15) is 27.7 Å². The van der Waals surface area contributed by atoms with Crippen LogP contribution in [0, 0.1) is 13.1 Å². The molecule has 0 atom stereocenters. The normalized spacial score (nSPS) is 13.5. The molecule has 0 N–H and O–H groups in total. The van der Waals surface area contributed by atoms with Gasteiger partial charge in [-0.3, -0.25) is 8.80 Å². The first-order chi connectivity index (χ1) is 46.8. The molecule has 12 heteroatoms. The number of rotatable bonds is 4. The van der Waals surface area contributed by atoms with Crippen molar-refractivity contribution in [1.29, 1.82) is 0 Å². The summed E-state index contributed by atoms with van der Waals surface area (Å²) in [6, 6.07) is 91.9. The van der Waals surface area contributed by atoms with Gasteiger partial charge in [0.2, 0.25) is 0 Å². The van der Waals surface area contributed by atoms with E-state index in [2.05, 4.69) is 250 Å². The molecule has 10 nitrogen and oxygen atoms in total. The van der Waals surface area contributed by atoms with Gasteiger partial charge in [0.1, 0.15) is 11.3 Å². The topological polar surface area (TPSA) is 87.6 Å². The van der Waals surface area contributed by atoms with E-state index in [-0.39, 0.29) is 0 Å². The van der Waals surface area contributed by atoms with Gasteiger partial charge >= 0.3 is 7.12 Å². The second-order valence-corrected chi connectivity index (χ2v) is 26.4. The summed E-state index contributed by atoms with van der Waals surface area (Å²) in [7, 11) is -0.433. The minimum Gasteiger partial charge on any atom is -0.399 e. The van der Waals surface area contributed by atoms with Crippen LogP contribution in [0.25, 0.3) is 163 Å². The SMILES string of the molecule is Brc1ccc(-c2ccc3ccc4ccccc4c3n2)cc1.[C-]#[N+]c1ccc2c3cc(-c4ccc(-c5ccc6ccc7ccccc7c6n5)cc4)ccc3c3nc4ccccc4n3c2c1.[C-]#[N+]c1ccc2c3cc(B4OC(C)(C)C(C)(C)O4)ccc3c3nc4ccccc4n3c2c1. The third kappa shape index (κ3) is 9.84. The van der Waals surface area contributed by atoms with Crippen LogP contribution in [0.15, 0.2) is 271 Å². The van der Waals surface area contributed by atoms with Gasteiger partial charge < -0.3 is 9.31 Å². The zero-order valence-electron chi connectivity index (χ0n) is 52.8. The quantitative estimate of drug-likeness (QED) is 0.0991. The van der Waals surface area contributed by atoms with Crippen LogP contribution in [-0.2, 0) is 9.31 Å². The molecule has 18 aromatic rings. The Balaban J connectivity index is 0.000000116. The van der Waals surface area contributed by atoms with Crippen LogP contribution in [0.3, 0.4) is 0 Å². The lowest BCUT2D eigenvalue weighted by molar-refractivity contribution is 0.00578. The number of nitrogens with zero attached hydrogens (tertiary/aromatic N) is 8. The van der Waals surface area contributed by atoms with E-state index in [1.165, 1.54) is 26.9 Å². The summed E-state index contributed by atoms with van der Waals surface area (Å²) in [5.41, 5.74) is 17.7. The Bertz CT molecular complexity index is 6330. The van der Waals surface area contributed by atoms with Crippen molar-refractivity contribution in [3.63, 3.8) is 0 Å². The van der Waals surface area contributed by atoms with Gasteiger partial charge in [0.05, 0.1) is 68.8 Å². The number of fused-ring (bicyclic) bond motifs is 22. The van der Waals surface area contributed by atoms with E-state index in [0.29, 0.717) is 11.4 Å². The van der Waals surface area contributed by atoms with E-state index in [9.17, 15) is 0 Å². The Morgan fingerprint density at radius 1 is 0.354 bits per heavy atom. The summed E-state index contributed by atoms with van der Waals surface area (Å²) in [5, 5.41) is 13.6. The second kappa shape index (κ2) is 22.8. The highest BCUT2D eigenvalue weighted by atomic mass is 79.9. The second-order valence-electron chi connectivity index (χ2n) is 25.5. The molecule has 6 aromatic heterocycles. The zero-order chi connectivity index (χ0) is 65.0. The van der Waals surface area contributed by atoms with Gasteiger partial charge in [-0.05, 0) is 139 Å². The first kappa shape index (κ1) is 58.2. The molecule has 0 radical (unpaired) electrons. The molecule has 1 aliphatic rings. The van der Waals surface area contributed by atoms with Crippen molar-refractivity contribution in [2.75, 3.05) is 0 Å². The predicted molar refractivity (Wildman–Crippen MR) is 400 cm³/mol. The molecular formula is C84H56BBrN8O2. The van der Waals surface area contributed by atoms with Gasteiger partial charge in [-0.1, -0.05) is 210 Å². The lowest BCUT2D eigenvalue weighted by atomic mass is 9.78. The van der Waals surface area contributed by atoms with Gasteiger partial charge in [-0.2, -0.15) is 0 Å². The van der Waals surface area contributed by atoms with Crippen LogP contribution in [0.4, 0.5) is 11.4 Å². The number of imidazole rings is 2. The highest BCUT2D eigenvalue weighted by molar-refractivity contribution is 9.10. The third-order valence-corrected chi connectivity index (χ3v) is 19.8. The fourth-order valence-electron chi connectivity index (χ4n) is 13.6. The van der Waals surface area contributed by atoms with E-state index < -0.39 is 18.3 Å². The molecule has 1 saturated heterocycles. The molecule has 7 heterocycles. The summed E-state index contributed by atoms with van der Waals surface area (Å²) in [5.74, 6) is 0. The molecule has 12 aromatic carbocycles. The van der Waals surface area contributed by atoms with E-state index in [1.807, 2.05) is 78.9 Å². The van der Waals surface area contributed by atoms with Gasteiger partial charge in [0.15, 0.2) is 11.4 Å². The maximum absolute atomic E-state index is 7.61. The summed E-state index contributed by atoms with van der Waals surface area (Å²) in [4.78, 5) is 27.3. The molecule has 0 bridgehead atoms. The predicted octanol–water partition coefficient (Wildman–Crippen LogP) is 21.8. The molecule has 96 heavy (non-hydrogen) atoms. The molecular weight excluding hydrogens is 1240 g/mol. The van der Waals surface area contributed by atoms with Crippen molar-refractivity contribution in [2.24, 2.45) is 0 Å². The Kier molecular flexibility index (Phi) is 13.8. The van der Waals surface area contributed by atoms with Crippen LogP contribution in [0.5, 0.6) is 0 Å². The minimum atomic E-state index is -0.433. The highest BCUT2D eigenvalue weighted by Gasteiger charge is 2.51. The summed E-state index contributed by atoms with van der Waals surface area (Å²) in [6.45, 7) is 23.4. The number of pyridine rings is 4. The summed E-state index contributed by atoms with van der Waals surface area (Å²) < 4.78 is 18.0. The largest absolute Gasteiger partial charge is 0.494 e. The molecule has 0 saturated carbocycles. The average Bonchev–Trinajstić information content (AvgIpc) is 1.50. The fraction of sp³-hybridized carbons (Fsp3) is 0.0714. The Labute approximate surface area is 561 Å². The van der Waals surface area contributed by atoms with E-state index in [4.69, 9.17) is 42.4 Å². The third-order valence-electron chi connectivity index (χ3n) is 19.3. The molecule has 1 aliphatic heterocycles. The molecule has 1 fully saturated rings. The van der Waals surface area contributed by atoms with Crippen molar-refractivity contribution in [1.82, 2.24) is 28.7 Å². The Morgan fingerprint density at radius 3 is 1.29 bits per heavy atom. The Hall–Kier alpha value is -11.6. The smallest absolute Gasteiger partial charge is 0.399 e. The summed E-state index contributed by atoms with van der Waals surface area (Å²) >= 11 is 3.47. The maximum Gasteiger partial charge on any atom is 0.494 e. The standard InChI is InChI=1S/C39H22N4.C26H22BN3O2.C19H12BrN/c1-40-29-18-20-31-33-22-28(16-19-32(33)39-42-35-8-4-5-9-36(35)43(39)37(31)23-29)24-10-13-26(14-11-24)34-21-17-27-15-12-25-6-2-3-7-30(25)38(27)41-34;1-25(2)26(3,4)32-27(31-25)16-10-12-19-20(14-16)18-13-11-17(28-5)15-23(18)30-22-9-7-6-8-21(22)29-24(19)30;20-16-10-7-14(8-11-16)18-12-9-15-6-5-13-3-1-2-4-17(13)19(15)21-18/h2-23H;6-15H,1-4H3;1-12H. The monoisotopic (exact) mass is 1300 g/mol. The first-order valence-corrected chi connectivity index (χ1v) is 32.7. The molecule has 0 unspecified atom stereocenters. The molecule has 19 rings (SSSR count). The van der Waals surface area contributed by atoms with Crippen molar-refractivity contribution in [2.45, 2.75) is 38.9 Å². The van der Waals surface area contributed by atoms with Crippen molar-refractivity contribution < 1.29 is 9.31 Å². The van der Waals surface area contributed by atoms with Crippen molar-refractivity contribution in [3.05, 3.63) is 294 Å². The fourth-order valence-corrected chi connectivity index (χ4v) is 13.9. The van der Waals surface area contributed by atoms with Crippen LogP contribution in [0.2, 0.25) is 0 Å². The number of benzene rings is 12. The maximum atomic E-state index is 7.61. The van der Waals surface area contributed by atoms with Crippen LogP contribution >= 0.6 is 15.9 Å². The summed E-state index contributed by atoms with van der Waals surface area (Å²) in [6.07, 6.45) is 0. The van der Waals surface area contributed by atoms with Crippen molar-refractivity contribution in [3.8, 4) is 33.6 Å².